The Morgan fingerprint density at radius 2 is 2.25 bits per heavy atom. The van der Waals surface area contributed by atoms with Crippen LogP contribution in [0.4, 0.5) is 4.39 Å². The molecule has 5 nitrogen and oxygen atoms in total. The molecule has 110 valence electrons. The predicted molar refractivity (Wildman–Crippen MR) is 78.3 cm³/mol. The van der Waals surface area contributed by atoms with Crippen molar-refractivity contribution in [2.45, 2.75) is 13.8 Å². The topological polar surface area (TPSA) is 78.9 Å². The summed E-state index contributed by atoms with van der Waals surface area (Å²) in [5.41, 5.74) is 5.49. The number of carbonyl (C=O) groups is 1. The molecule has 0 aliphatic rings. The zero-order valence-corrected chi connectivity index (χ0v) is 12.9. The minimum absolute atomic E-state index is 0.00163. The summed E-state index contributed by atoms with van der Waals surface area (Å²) in [5.74, 6) is -1.29. The molecule has 0 fully saturated rings. The quantitative estimate of drug-likeness (QED) is 0.372. The van der Waals surface area contributed by atoms with Crippen molar-refractivity contribution >= 4 is 27.7 Å². The maximum atomic E-state index is 13.8. The molecule has 1 amide bonds. The van der Waals surface area contributed by atoms with Crippen molar-refractivity contribution in [3.8, 4) is 0 Å². The lowest BCUT2D eigenvalue weighted by molar-refractivity contribution is 0.0749. The van der Waals surface area contributed by atoms with Gasteiger partial charge in [0.15, 0.2) is 0 Å². The molecule has 0 aliphatic heterocycles. The lowest BCUT2D eigenvalue weighted by Gasteiger charge is -2.24. The predicted octanol–water partition coefficient (Wildman–Crippen LogP) is 2.43. The molecular weight excluding hydrogens is 329 g/mol. The van der Waals surface area contributed by atoms with Gasteiger partial charge in [0, 0.05) is 23.5 Å². The lowest BCUT2D eigenvalue weighted by Crippen LogP contribution is -2.39. The largest absolute Gasteiger partial charge is 0.409 e. The second-order valence-corrected chi connectivity index (χ2v) is 5.31. The molecule has 0 saturated heterocycles. The van der Waals surface area contributed by atoms with Gasteiger partial charge in [0.05, 0.1) is 5.56 Å². The minimum atomic E-state index is -0.584. The Hall–Kier alpha value is -1.63. The highest BCUT2D eigenvalue weighted by Crippen LogP contribution is 2.17. The molecule has 20 heavy (non-hydrogen) atoms. The smallest absolute Gasteiger partial charge is 0.256 e. The van der Waals surface area contributed by atoms with Crippen LogP contribution in [0.2, 0.25) is 0 Å². The number of benzene rings is 1. The lowest BCUT2D eigenvalue weighted by atomic mass is 10.1. The molecule has 3 N–H and O–H groups in total. The Labute approximate surface area is 125 Å². The number of oxime groups is 1. The minimum Gasteiger partial charge on any atom is -0.409 e. The number of hydrogen-bond acceptors (Lipinski definition) is 3. The Balaban J connectivity index is 2.92. The number of nitrogens with two attached hydrogens (primary N) is 1. The zero-order chi connectivity index (χ0) is 15.3. The van der Waals surface area contributed by atoms with Crippen molar-refractivity contribution in [2.24, 2.45) is 16.8 Å². The van der Waals surface area contributed by atoms with Gasteiger partial charge >= 0.3 is 0 Å². The molecule has 7 heteroatoms. The van der Waals surface area contributed by atoms with Gasteiger partial charge in [-0.25, -0.2) is 4.39 Å². The molecule has 1 atom stereocenters. The summed E-state index contributed by atoms with van der Waals surface area (Å²) in [7, 11) is 0. The van der Waals surface area contributed by atoms with Gasteiger partial charge in [-0.15, -0.1) is 0 Å². The van der Waals surface area contributed by atoms with Gasteiger partial charge in [-0.2, -0.15) is 0 Å². The Morgan fingerprint density at radius 3 is 2.75 bits per heavy atom. The van der Waals surface area contributed by atoms with E-state index in [1.165, 1.54) is 17.0 Å². The van der Waals surface area contributed by atoms with Crippen LogP contribution >= 0.6 is 15.9 Å². The fraction of sp³-hybridized carbons (Fsp3) is 0.385. The normalized spacial score (nSPS) is 13.1. The van der Waals surface area contributed by atoms with E-state index in [0.29, 0.717) is 11.0 Å². The molecule has 0 bridgehead atoms. The average molecular weight is 346 g/mol. The molecule has 1 aromatic rings. The van der Waals surface area contributed by atoms with E-state index >= 15 is 0 Å². The molecule has 0 aliphatic carbocycles. The van der Waals surface area contributed by atoms with Crippen molar-refractivity contribution < 1.29 is 14.4 Å². The van der Waals surface area contributed by atoms with E-state index in [1.54, 1.807) is 19.9 Å². The van der Waals surface area contributed by atoms with Crippen LogP contribution in [0.5, 0.6) is 0 Å². The van der Waals surface area contributed by atoms with Crippen LogP contribution in [0.25, 0.3) is 0 Å². The first kappa shape index (κ1) is 16.4. The van der Waals surface area contributed by atoms with Crippen LogP contribution in [0.15, 0.2) is 27.8 Å². The van der Waals surface area contributed by atoms with Crippen LogP contribution < -0.4 is 5.73 Å². The van der Waals surface area contributed by atoms with Crippen molar-refractivity contribution in [2.75, 3.05) is 13.1 Å². The van der Waals surface area contributed by atoms with Crippen molar-refractivity contribution in [1.82, 2.24) is 4.90 Å². The second kappa shape index (κ2) is 7.23. The molecule has 0 aromatic heterocycles. The Morgan fingerprint density at radius 1 is 1.60 bits per heavy atom. The highest BCUT2D eigenvalue weighted by atomic mass is 79.9. The SMILES string of the molecule is CCN(CC(C)C(N)=NO)C(=O)c1ccc(Br)cc1F. The molecule has 1 rings (SSSR count). The molecule has 0 heterocycles. The van der Waals surface area contributed by atoms with E-state index in [9.17, 15) is 9.18 Å². The van der Waals surface area contributed by atoms with Gasteiger partial charge in [0.25, 0.3) is 5.91 Å². The molecule has 0 saturated carbocycles. The number of hydrogen-bond donors (Lipinski definition) is 2. The van der Waals surface area contributed by atoms with E-state index in [1.807, 2.05) is 0 Å². The summed E-state index contributed by atoms with van der Waals surface area (Å²) in [5, 5.41) is 11.5. The summed E-state index contributed by atoms with van der Waals surface area (Å²) in [6.45, 7) is 4.16. The summed E-state index contributed by atoms with van der Waals surface area (Å²) in [6.07, 6.45) is 0. The standard InChI is InChI=1S/C13H17BrFN3O2/c1-3-18(7-8(2)12(16)17-20)13(19)10-5-4-9(14)6-11(10)15/h4-6,8,20H,3,7H2,1-2H3,(H2,16,17). The molecule has 1 aromatic carbocycles. The fourth-order valence-corrected chi connectivity index (χ4v) is 2.04. The van der Waals surface area contributed by atoms with Gasteiger partial charge in [-0.05, 0) is 25.1 Å². The van der Waals surface area contributed by atoms with Gasteiger partial charge in [-0.1, -0.05) is 28.0 Å². The third-order valence-corrected chi connectivity index (χ3v) is 3.44. The third kappa shape index (κ3) is 3.93. The van der Waals surface area contributed by atoms with Crippen molar-refractivity contribution in [3.05, 3.63) is 34.1 Å². The molecule has 1 unspecified atom stereocenters. The maximum Gasteiger partial charge on any atom is 0.256 e. The summed E-state index contributed by atoms with van der Waals surface area (Å²) < 4.78 is 14.4. The van der Waals surface area contributed by atoms with Crippen LogP contribution in [0.3, 0.4) is 0 Å². The zero-order valence-electron chi connectivity index (χ0n) is 11.3. The fourth-order valence-electron chi connectivity index (χ4n) is 1.71. The first-order valence-corrected chi connectivity index (χ1v) is 6.91. The van der Waals surface area contributed by atoms with Crippen LogP contribution in [0, 0.1) is 11.7 Å². The number of amidine groups is 1. The van der Waals surface area contributed by atoms with Gasteiger partial charge in [0.1, 0.15) is 11.7 Å². The molecular formula is C13H17BrFN3O2. The van der Waals surface area contributed by atoms with E-state index in [0.717, 1.165) is 0 Å². The molecule has 0 spiro atoms. The summed E-state index contributed by atoms with van der Waals surface area (Å²) in [6, 6.07) is 4.28. The highest BCUT2D eigenvalue weighted by molar-refractivity contribution is 9.10. The summed E-state index contributed by atoms with van der Waals surface area (Å²) >= 11 is 3.14. The summed E-state index contributed by atoms with van der Waals surface area (Å²) in [4.78, 5) is 13.7. The first-order chi connectivity index (χ1) is 9.40. The number of nitrogens with zero attached hydrogens (tertiary/aromatic N) is 2. The van der Waals surface area contributed by atoms with E-state index < -0.39 is 11.7 Å². The van der Waals surface area contributed by atoms with E-state index in [4.69, 9.17) is 10.9 Å². The van der Waals surface area contributed by atoms with Crippen LogP contribution in [-0.4, -0.2) is 34.9 Å². The maximum absolute atomic E-state index is 13.8. The highest BCUT2D eigenvalue weighted by Gasteiger charge is 2.21. The van der Waals surface area contributed by atoms with E-state index in [2.05, 4.69) is 21.1 Å². The number of rotatable bonds is 5. The third-order valence-electron chi connectivity index (χ3n) is 2.95. The van der Waals surface area contributed by atoms with E-state index in [-0.39, 0.29) is 23.9 Å². The Bertz CT molecular complexity index is 522. The number of halogens is 2. The van der Waals surface area contributed by atoms with Gasteiger partial charge in [0.2, 0.25) is 0 Å². The average Bonchev–Trinajstić information content (AvgIpc) is 2.42. The monoisotopic (exact) mass is 345 g/mol. The first-order valence-electron chi connectivity index (χ1n) is 6.12. The number of amides is 1. The Kier molecular flexibility index (Phi) is 5.94. The van der Waals surface area contributed by atoms with Crippen molar-refractivity contribution in [3.63, 3.8) is 0 Å². The van der Waals surface area contributed by atoms with Crippen molar-refractivity contribution in [1.29, 1.82) is 0 Å². The molecule has 0 radical (unpaired) electrons. The van der Waals surface area contributed by atoms with Crippen LogP contribution in [0.1, 0.15) is 24.2 Å². The number of carbonyl (C=O) groups excluding carboxylic acids is 1. The van der Waals surface area contributed by atoms with Gasteiger partial charge < -0.3 is 15.8 Å². The second-order valence-electron chi connectivity index (χ2n) is 4.39. The van der Waals surface area contributed by atoms with Crippen LogP contribution in [-0.2, 0) is 0 Å². The van der Waals surface area contributed by atoms with Gasteiger partial charge in [-0.3, -0.25) is 4.79 Å².